The van der Waals surface area contributed by atoms with Crippen molar-refractivity contribution in [3.05, 3.63) is 196 Å². The van der Waals surface area contributed by atoms with Gasteiger partial charge in [-0.05, 0) is 82.5 Å². The van der Waals surface area contributed by atoms with Crippen molar-refractivity contribution in [2.45, 2.75) is 49.7 Å². The molecule has 0 saturated carbocycles. The number of hydrogen-bond donors (Lipinski definition) is 3. The van der Waals surface area contributed by atoms with Gasteiger partial charge in [-0.15, -0.1) is 0 Å². The Bertz CT molecular complexity index is 2420. The van der Waals surface area contributed by atoms with Crippen LogP contribution in [0.5, 0.6) is 5.75 Å². The van der Waals surface area contributed by atoms with Gasteiger partial charge in [0.05, 0.1) is 18.1 Å². The molecule has 62 heavy (non-hydrogen) atoms. The lowest BCUT2D eigenvalue weighted by molar-refractivity contribution is -0.384. The molecule has 3 atom stereocenters. The van der Waals surface area contributed by atoms with Crippen molar-refractivity contribution in [2.75, 3.05) is 25.2 Å². The zero-order chi connectivity index (χ0) is 43.4. The van der Waals surface area contributed by atoms with Gasteiger partial charge in [0.15, 0.2) is 0 Å². The SMILES string of the molecule is COc1ccc(C(c2ccccc2)N(CCCCC(NC(=O)C(Cc2ccc([N+](=O)[O-])cc2)NC(=O)OCC2c3ccccc3-c3ccccc32)C(=O)O)c2ccccc2)cc1. The van der Waals surface area contributed by atoms with Crippen LogP contribution in [0.2, 0.25) is 0 Å². The van der Waals surface area contributed by atoms with Gasteiger partial charge < -0.3 is 30.1 Å². The van der Waals surface area contributed by atoms with Crippen molar-refractivity contribution < 1.29 is 33.9 Å². The monoisotopic (exact) mass is 832 g/mol. The maximum Gasteiger partial charge on any atom is 0.407 e. The molecule has 12 nitrogen and oxygen atoms in total. The van der Waals surface area contributed by atoms with E-state index >= 15 is 0 Å². The van der Waals surface area contributed by atoms with Crippen molar-refractivity contribution in [3.8, 4) is 16.9 Å². The third kappa shape index (κ3) is 10.3. The van der Waals surface area contributed by atoms with E-state index in [0.29, 0.717) is 24.9 Å². The fourth-order valence-corrected chi connectivity index (χ4v) is 8.14. The minimum absolute atomic E-state index is 0.00702. The normalized spacial score (nSPS) is 13.1. The highest BCUT2D eigenvalue weighted by Crippen LogP contribution is 2.44. The largest absolute Gasteiger partial charge is 0.497 e. The van der Waals surface area contributed by atoms with Crippen LogP contribution in [0, 0.1) is 10.1 Å². The molecule has 6 aromatic carbocycles. The number of ether oxygens (including phenoxy) is 2. The third-order valence-electron chi connectivity index (χ3n) is 11.2. The number of non-ortho nitro benzene ring substituents is 1. The van der Waals surface area contributed by atoms with Crippen molar-refractivity contribution in [1.29, 1.82) is 0 Å². The number of carbonyl (C=O) groups excluding carboxylic acids is 2. The lowest BCUT2D eigenvalue weighted by atomic mass is 9.95. The molecule has 2 amide bonds. The molecule has 0 aromatic heterocycles. The molecule has 0 fully saturated rings. The molecule has 0 aliphatic heterocycles. The summed E-state index contributed by atoms with van der Waals surface area (Å²) < 4.78 is 11.2. The number of anilines is 1. The number of nitro benzene ring substituents is 1. The highest BCUT2D eigenvalue weighted by atomic mass is 16.6. The van der Waals surface area contributed by atoms with Crippen molar-refractivity contribution >= 4 is 29.3 Å². The van der Waals surface area contributed by atoms with Crippen molar-refractivity contribution in [3.63, 3.8) is 0 Å². The summed E-state index contributed by atoms with van der Waals surface area (Å²) in [5, 5.41) is 27.0. The first-order valence-electron chi connectivity index (χ1n) is 20.6. The van der Waals surface area contributed by atoms with E-state index in [1.54, 1.807) is 7.11 Å². The lowest BCUT2D eigenvalue weighted by Gasteiger charge is -2.35. The van der Waals surface area contributed by atoms with Gasteiger partial charge in [-0.3, -0.25) is 14.9 Å². The number of nitro groups is 1. The minimum Gasteiger partial charge on any atom is -0.497 e. The Morgan fingerprint density at radius 2 is 1.29 bits per heavy atom. The average Bonchev–Trinajstić information content (AvgIpc) is 3.62. The van der Waals surface area contributed by atoms with Gasteiger partial charge in [-0.2, -0.15) is 0 Å². The predicted molar refractivity (Wildman–Crippen MR) is 237 cm³/mol. The molecular formula is C50H48N4O8. The van der Waals surface area contributed by atoms with Crippen LogP contribution in [0.25, 0.3) is 11.1 Å². The zero-order valence-electron chi connectivity index (χ0n) is 34.3. The summed E-state index contributed by atoms with van der Waals surface area (Å²) in [6, 6.07) is 47.0. The number of nitrogens with zero attached hydrogens (tertiary/aromatic N) is 2. The predicted octanol–water partition coefficient (Wildman–Crippen LogP) is 9.09. The fourth-order valence-electron chi connectivity index (χ4n) is 8.14. The van der Waals surface area contributed by atoms with Crippen LogP contribution in [-0.4, -0.2) is 60.3 Å². The molecule has 7 rings (SSSR count). The molecule has 0 saturated heterocycles. The van der Waals surface area contributed by atoms with Gasteiger partial charge in [0.1, 0.15) is 24.4 Å². The van der Waals surface area contributed by atoms with E-state index in [-0.39, 0.29) is 37.1 Å². The number of carboxylic acid groups (broad SMARTS) is 1. The molecule has 0 bridgehead atoms. The molecule has 0 radical (unpaired) electrons. The van der Waals surface area contributed by atoms with E-state index in [0.717, 1.165) is 44.8 Å². The van der Waals surface area contributed by atoms with Crippen molar-refractivity contribution in [1.82, 2.24) is 10.6 Å². The quantitative estimate of drug-likeness (QED) is 0.0411. The molecular weight excluding hydrogens is 785 g/mol. The van der Waals surface area contributed by atoms with Gasteiger partial charge in [0.25, 0.3) is 5.69 Å². The molecule has 1 aliphatic rings. The Labute approximate surface area is 360 Å². The number of amides is 2. The maximum absolute atomic E-state index is 14.0. The Balaban J connectivity index is 1.04. The molecule has 0 heterocycles. The summed E-state index contributed by atoms with van der Waals surface area (Å²) in [4.78, 5) is 53.2. The summed E-state index contributed by atoms with van der Waals surface area (Å²) in [5.41, 5.74) is 7.70. The molecule has 3 N–H and O–H groups in total. The zero-order valence-corrected chi connectivity index (χ0v) is 34.3. The second-order valence-electron chi connectivity index (χ2n) is 15.2. The first-order chi connectivity index (χ1) is 30.2. The molecule has 12 heteroatoms. The summed E-state index contributed by atoms with van der Waals surface area (Å²) in [5.74, 6) is -1.41. The summed E-state index contributed by atoms with van der Waals surface area (Å²) in [6.07, 6.45) is 0.248. The van der Waals surface area contributed by atoms with E-state index in [2.05, 4.69) is 27.7 Å². The van der Waals surface area contributed by atoms with Crippen LogP contribution in [-0.2, 0) is 20.7 Å². The maximum atomic E-state index is 14.0. The topological polar surface area (TPSA) is 160 Å². The van der Waals surface area contributed by atoms with E-state index in [4.69, 9.17) is 9.47 Å². The highest BCUT2D eigenvalue weighted by Gasteiger charge is 2.31. The number of para-hydroxylation sites is 1. The Hall–Kier alpha value is -7.47. The first kappa shape index (κ1) is 42.6. The molecule has 6 aromatic rings. The number of unbranched alkanes of at least 4 members (excludes halogenated alkanes) is 1. The first-order valence-corrected chi connectivity index (χ1v) is 20.6. The van der Waals surface area contributed by atoms with Crippen LogP contribution < -0.4 is 20.3 Å². The summed E-state index contributed by atoms with van der Waals surface area (Å²) >= 11 is 0. The van der Waals surface area contributed by atoms with Crippen molar-refractivity contribution in [2.24, 2.45) is 0 Å². The number of fused-ring (bicyclic) bond motifs is 3. The number of nitrogens with one attached hydrogen (secondary N) is 2. The molecule has 3 unspecified atom stereocenters. The third-order valence-corrected chi connectivity index (χ3v) is 11.2. The fraction of sp³-hybridized carbons (Fsp3) is 0.220. The number of methoxy groups -OCH3 is 1. The standard InChI is InChI=1S/C50H48N4O8/c1-61-39-29-25-36(26-30-39)47(35-14-4-2-5-15-35)53(37-16-6-3-7-17-37)31-13-12-22-45(49(56)57)51-48(55)46(32-34-23-27-38(28-24-34)54(59)60)52-50(58)62-33-44-42-20-10-8-18-40(42)41-19-9-11-21-43(41)44/h2-11,14-21,23-30,44-47H,12-13,22,31-33H2,1H3,(H,51,55)(H,52,58)(H,56,57). The average molecular weight is 833 g/mol. The van der Waals surface area contributed by atoms with Crippen LogP contribution in [0.4, 0.5) is 16.2 Å². The Morgan fingerprint density at radius 3 is 1.89 bits per heavy atom. The Kier molecular flexibility index (Phi) is 13.9. The van der Waals surface area contributed by atoms with Gasteiger partial charge in [0, 0.05) is 36.7 Å². The summed E-state index contributed by atoms with van der Waals surface area (Å²) in [7, 11) is 1.63. The van der Waals surface area contributed by atoms with Gasteiger partial charge in [-0.1, -0.05) is 121 Å². The Morgan fingerprint density at radius 1 is 0.710 bits per heavy atom. The molecule has 316 valence electrons. The second-order valence-corrected chi connectivity index (χ2v) is 15.2. The minimum atomic E-state index is -1.26. The number of alkyl carbamates (subject to hydrolysis) is 1. The number of aliphatic carboxylic acids is 1. The number of rotatable bonds is 19. The second kappa shape index (κ2) is 20.2. The van der Waals surface area contributed by atoms with E-state index in [1.165, 1.54) is 24.3 Å². The van der Waals surface area contributed by atoms with Crippen LogP contribution >= 0.6 is 0 Å². The van der Waals surface area contributed by atoms with Gasteiger partial charge in [0.2, 0.25) is 5.91 Å². The smallest absolute Gasteiger partial charge is 0.407 e. The van der Waals surface area contributed by atoms with E-state index in [1.807, 2.05) is 121 Å². The van der Waals surface area contributed by atoms with Crippen LogP contribution in [0.1, 0.15) is 59.0 Å². The van der Waals surface area contributed by atoms with Gasteiger partial charge in [-0.25, -0.2) is 9.59 Å². The van der Waals surface area contributed by atoms with E-state index < -0.39 is 35.0 Å². The highest BCUT2D eigenvalue weighted by molar-refractivity contribution is 5.89. The number of carboxylic acids is 1. The lowest BCUT2D eigenvalue weighted by Crippen LogP contribution is -2.52. The van der Waals surface area contributed by atoms with Crippen LogP contribution in [0.3, 0.4) is 0 Å². The van der Waals surface area contributed by atoms with E-state index in [9.17, 15) is 29.6 Å². The van der Waals surface area contributed by atoms with Gasteiger partial charge >= 0.3 is 12.1 Å². The number of benzene rings is 6. The number of hydrogen-bond acceptors (Lipinski definition) is 8. The summed E-state index contributed by atoms with van der Waals surface area (Å²) in [6.45, 7) is 0.578. The molecule has 0 spiro atoms. The molecule has 1 aliphatic carbocycles. The number of carbonyl (C=O) groups is 3. The van der Waals surface area contributed by atoms with Crippen LogP contribution in [0.15, 0.2) is 158 Å².